The van der Waals surface area contributed by atoms with Gasteiger partial charge in [-0.3, -0.25) is 14.6 Å². The molecule has 0 saturated heterocycles. The Kier molecular flexibility index (Phi) is 5.57. The van der Waals surface area contributed by atoms with Crippen molar-refractivity contribution >= 4 is 23.4 Å². The molecule has 0 atom stereocenters. The lowest BCUT2D eigenvalue weighted by molar-refractivity contribution is 0.0919. The zero-order valence-electron chi connectivity index (χ0n) is 13.9. The number of hydrogen-bond acceptors (Lipinski definition) is 3. The first-order chi connectivity index (χ1) is 11.3. The number of pyridine rings is 1. The predicted molar refractivity (Wildman–Crippen MR) is 94.1 cm³/mol. The van der Waals surface area contributed by atoms with E-state index in [0.29, 0.717) is 17.1 Å². The van der Waals surface area contributed by atoms with Crippen LogP contribution in [0, 0.1) is 0 Å². The molecule has 0 fully saturated rings. The third-order valence-corrected chi connectivity index (χ3v) is 3.51. The maximum Gasteiger partial charge on any atom is 0.270 e. The van der Waals surface area contributed by atoms with Gasteiger partial charge in [-0.25, -0.2) is 0 Å². The van der Waals surface area contributed by atoms with E-state index in [9.17, 15) is 9.59 Å². The number of halogens is 1. The Morgan fingerprint density at radius 2 is 1.83 bits per heavy atom. The van der Waals surface area contributed by atoms with Crippen molar-refractivity contribution in [2.75, 3.05) is 0 Å². The highest BCUT2D eigenvalue weighted by Crippen LogP contribution is 2.14. The minimum atomic E-state index is -0.361. The van der Waals surface area contributed by atoms with E-state index in [-0.39, 0.29) is 23.0 Å². The van der Waals surface area contributed by atoms with Crippen LogP contribution in [-0.2, 0) is 6.54 Å². The summed E-state index contributed by atoms with van der Waals surface area (Å²) in [4.78, 5) is 28.4. The number of nitrogens with zero attached hydrogens (tertiary/aromatic N) is 1. The number of aromatic nitrogens is 1. The summed E-state index contributed by atoms with van der Waals surface area (Å²) in [7, 11) is 0. The second kappa shape index (κ2) is 7.45. The second-order valence-corrected chi connectivity index (χ2v) is 6.82. The number of benzene rings is 1. The van der Waals surface area contributed by atoms with Crippen molar-refractivity contribution in [2.24, 2.45) is 0 Å². The van der Waals surface area contributed by atoms with Crippen molar-refractivity contribution in [3.63, 3.8) is 0 Å². The van der Waals surface area contributed by atoms with E-state index in [2.05, 4.69) is 15.6 Å². The largest absolute Gasteiger partial charge is 0.347 e. The van der Waals surface area contributed by atoms with E-state index in [1.165, 1.54) is 12.3 Å². The molecule has 0 unspecified atom stereocenters. The van der Waals surface area contributed by atoms with Crippen LogP contribution in [0.3, 0.4) is 0 Å². The highest BCUT2D eigenvalue weighted by Gasteiger charge is 2.17. The number of carbonyl (C=O) groups excluding carboxylic acids is 2. The topological polar surface area (TPSA) is 71.1 Å². The van der Waals surface area contributed by atoms with Crippen molar-refractivity contribution in [1.29, 1.82) is 0 Å². The fraction of sp³-hybridized carbons (Fsp3) is 0.278. The van der Waals surface area contributed by atoms with Gasteiger partial charge in [-0.1, -0.05) is 29.8 Å². The molecule has 2 amide bonds. The molecule has 5 nitrogen and oxygen atoms in total. The first kappa shape index (κ1) is 17.9. The average molecular weight is 346 g/mol. The molecular formula is C18H20ClN3O2. The standard InChI is InChI=1S/C18H20ClN3O2/c1-18(2,3)22-16(23)12-8-9-20-15(10-12)17(24)21-11-13-6-4-5-7-14(13)19/h4-10H,11H2,1-3H3,(H,21,24)(H,22,23). The van der Waals surface area contributed by atoms with Crippen molar-refractivity contribution in [1.82, 2.24) is 15.6 Å². The van der Waals surface area contributed by atoms with Gasteiger partial charge >= 0.3 is 0 Å². The lowest BCUT2D eigenvalue weighted by atomic mass is 10.1. The average Bonchev–Trinajstić information content (AvgIpc) is 2.52. The third-order valence-electron chi connectivity index (χ3n) is 3.14. The van der Waals surface area contributed by atoms with Gasteiger partial charge in [-0.2, -0.15) is 0 Å². The normalized spacial score (nSPS) is 11.0. The van der Waals surface area contributed by atoms with Gasteiger partial charge < -0.3 is 10.6 Å². The maximum absolute atomic E-state index is 12.2. The van der Waals surface area contributed by atoms with Crippen LogP contribution >= 0.6 is 11.6 Å². The molecular weight excluding hydrogens is 326 g/mol. The summed E-state index contributed by atoms with van der Waals surface area (Å²) in [6.45, 7) is 5.97. The van der Waals surface area contributed by atoms with E-state index in [1.807, 2.05) is 39.0 Å². The fourth-order valence-corrected chi connectivity index (χ4v) is 2.22. The molecule has 0 aliphatic carbocycles. The van der Waals surface area contributed by atoms with Gasteiger partial charge in [0.1, 0.15) is 5.69 Å². The van der Waals surface area contributed by atoms with Gasteiger partial charge in [0.15, 0.2) is 0 Å². The predicted octanol–water partition coefficient (Wildman–Crippen LogP) is 3.19. The smallest absolute Gasteiger partial charge is 0.270 e. The summed E-state index contributed by atoms with van der Waals surface area (Å²) < 4.78 is 0. The first-order valence-corrected chi connectivity index (χ1v) is 7.94. The zero-order valence-corrected chi connectivity index (χ0v) is 14.6. The van der Waals surface area contributed by atoms with Gasteiger partial charge in [0.25, 0.3) is 11.8 Å². The molecule has 1 aromatic carbocycles. The van der Waals surface area contributed by atoms with Crippen molar-refractivity contribution in [3.8, 4) is 0 Å². The van der Waals surface area contributed by atoms with E-state index in [1.54, 1.807) is 12.1 Å². The molecule has 24 heavy (non-hydrogen) atoms. The van der Waals surface area contributed by atoms with Crippen LogP contribution in [0.5, 0.6) is 0 Å². The Labute approximate surface area is 146 Å². The molecule has 1 heterocycles. The Morgan fingerprint density at radius 3 is 2.50 bits per heavy atom. The summed E-state index contributed by atoms with van der Waals surface area (Å²) in [5, 5.41) is 6.19. The van der Waals surface area contributed by atoms with Crippen molar-refractivity contribution < 1.29 is 9.59 Å². The fourth-order valence-electron chi connectivity index (χ4n) is 2.02. The Bertz CT molecular complexity index is 754. The molecule has 1 aromatic heterocycles. The van der Waals surface area contributed by atoms with Crippen LogP contribution in [0.2, 0.25) is 5.02 Å². The summed E-state index contributed by atoms with van der Waals surface area (Å²) >= 11 is 6.06. The molecule has 0 bridgehead atoms. The molecule has 2 aromatic rings. The van der Waals surface area contributed by atoms with Crippen LogP contribution < -0.4 is 10.6 Å². The van der Waals surface area contributed by atoms with E-state index < -0.39 is 0 Å². The van der Waals surface area contributed by atoms with Gasteiger partial charge in [0.2, 0.25) is 0 Å². The number of nitrogens with one attached hydrogen (secondary N) is 2. The molecule has 0 spiro atoms. The Balaban J connectivity index is 2.06. The third kappa shape index (κ3) is 5.06. The first-order valence-electron chi connectivity index (χ1n) is 7.56. The highest BCUT2D eigenvalue weighted by atomic mass is 35.5. The van der Waals surface area contributed by atoms with Crippen molar-refractivity contribution in [2.45, 2.75) is 32.9 Å². The summed E-state index contributed by atoms with van der Waals surface area (Å²) in [5.74, 6) is -0.606. The monoisotopic (exact) mass is 345 g/mol. The Morgan fingerprint density at radius 1 is 1.12 bits per heavy atom. The molecule has 0 aliphatic heterocycles. The van der Waals surface area contributed by atoms with Gasteiger partial charge in [0.05, 0.1) is 0 Å². The van der Waals surface area contributed by atoms with E-state index in [0.717, 1.165) is 5.56 Å². The van der Waals surface area contributed by atoms with Crippen molar-refractivity contribution in [3.05, 3.63) is 64.4 Å². The second-order valence-electron chi connectivity index (χ2n) is 6.41. The lowest BCUT2D eigenvalue weighted by Gasteiger charge is -2.20. The van der Waals surface area contributed by atoms with Crippen LogP contribution in [0.1, 0.15) is 47.2 Å². The summed E-state index contributed by atoms with van der Waals surface area (Å²) in [5.41, 5.74) is 1.04. The minimum Gasteiger partial charge on any atom is -0.347 e. The van der Waals surface area contributed by atoms with E-state index in [4.69, 9.17) is 11.6 Å². The van der Waals surface area contributed by atoms with Crippen LogP contribution in [0.25, 0.3) is 0 Å². The molecule has 126 valence electrons. The highest BCUT2D eigenvalue weighted by molar-refractivity contribution is 6.31. The quantitative estimate of drug-likeness (QED) is 0.894. The number of rotatable bonds is 4. The number of carbonyl (C=O) groups is 2. The van der Waals surface area contributed by atoms with E-state index >= 15 is 0 Å². The summed E-state index contributed by atoms with van der Waals surface area (Å²) in [6, 6.07) is 10.3. The SMILES string of the molecule is CC(C)(C)NC(=O)c1ccnc(C(=O)NCc2ccccc2Cl)c1. The van der Waals surface area contributed by atoms with Gasteiger partial charge in [-0.05, 0) is 44.5 Å². The molecule has 0 aliphatic rings. The van der Waals surface area contributed by atoms with Crippen LogP contribution in [0.4, 0.5) is 0 Å². The molecule has 2 N–H and O–H groups in total. The van der Waals surface area contributed by atoms with Crippen LogP contribution in [-0.4, -0.2) is 22.3 Å². The molecule has 2 rings (SSSR count). The van der Waals surface area contributed by atoms with Gasteiger partial charge in [-0.15, -0.1) is 0 Å². The zero-order chi connectivity index (χ0) is 17.7. The Hall–Kier alpha value is -2.40. The number of hydrogen-bond donors (Lipinski definition) is 2. The molecule has 0 radical (unpaired) electrons. The van der Waals surface area contributed by atoms with Gasteiger partial charge in [0, 0.05) is 28.9 Å². The number of amides is 2. The molecule has 6 heteroatoms. The lowest BCUT2D eigenvalue weighted by Crippen LogP contribution is -2.40. The minimum absolute atomic E-state index is 0.184. The maximum atomic E-state index is 12.2. The summed E-state index contributed by atoms with van der Waals surface area (Å²) in [6.07, 6.45) is 1.45. The molecule has 0 saturated carbocycles. The van der Waals surface area contributed by atoms with Crippen LogP contribution in [0.15, 0.2) is 42.6 Å².